The summed E-state index contributed by atoms with van der Waals surface area (Å²) in [6.45, 7) is 0. The third-order valence-electron chi connectivity index (χ3n) is 12.4. The van der Waals surface area contributed by atoms with E-state index in [2.05, 4.69) is 174 Å². The lowest BCUT2D eigenvalue weighted by Crippen LogP contribution is -2.04. The van der Waals surface area contributed by atoms with Crippen LogP contribution < -0.4 is 0 Å². The molecule has 7 heteroatoms. The highest BCUT2D eigenvalue weighted by Gasteiger charge is 2.25. The van der Waals surface area contributed by atoms with Crippen molar-refractivity contribution in [2.24, 2.45) is 0 Å². The highest BCUT2D eigenvalue weighted by molar-refractivity contribution is 7.26. The Bertz CT molecular complexity index is 4060. The molecule has 14 aromatic rings. The lowest BCUT2D eigenvalue weighted by Gasteiger charge is -2.16. The largest absolute Gasteiger partial charge is 0.456 e. The Morgan fingerprint density at radius 2 is 0.919 bits per heavy atom. The molecule has 0 aliphatic carbocycles. The molecule has 0 saturated carbocycles. The molecule has 0 N–H and O–H groups in total. The van der Waals surface area contributed by atoms with E-state index in [0.717, 1.165) is 55.3 Å². The molecule has 0 amide bonds. The van der Waals surface area contributed by atoms with E-state index in [4.69, 9.17) is 19.4 Å². The molecule has 0 atom stereocenters. The zero-order valence-corrected chi connectivity index (χ0v) is 34.5. The second-order valence-electron chi connectivity index (χ2n) is 15.9. The number of hydrogen-bond acceptors (Lipinski definition) is 6. The first-order valence-electron chi connectivity index (χ1n) is 20.7. The molecule has 5 nitrogen and oxygen atoms in total. The van der Waals surface area contributed by atoms with Gasteiger partial charge in [0.2, 0.25) is 0 Å². The highest BCUT2D eigenvalue weighted by Crippen LogP contribution is 2.45. The van der Waals surface area contributed by atoms with Crippen LogP contribution in [0.25, 0.3) is 135 Å². The lowest BCUT2D eigenvalue weighted by molar-refractivity contribution is 0.669. The van der Waals surface area contributed by atoms with E-state index in [1.807, 2.05) is 34.8 Å². The monoisotopic (exact) mass is 826 g/mol. The molecule has 0 aliphatic heterocycles. The Morgan fingerprint density at radius 1 is 0.371 bits per heavy atom. The van der Waals surface area contributed by atoms with E-state index in [1.165, 1.54) is 61.9 Å². The molecule has 0 saturated heterocycles. The standard InChI is InChI=1S/C55H30N4OS2/c1-2-12-32-30-44-39(27-31(32)11-1)35-13-3-7-17-42(35)59(44)43-23-24-46-51(38-16-4-8-18-45(38)60-46)52(43)55-57-53(33-21-25-49-40(28-33)36-14-5-9-19-47(36)61-49)56-54(58-55)34-22-26-50-41(29-34)37-15-6-10-20-48(37)62-50/h1-30H. The van der Waals surface area contributed by atoms with Crippen molar-refractivity contribution >= 4 is 118 Å². The number of rotatable bonds is 4. The molecule has 0 spiro atoms. The van der Waals surface area contributed by atoms with Crippen LogP contribution in [0.4, 0.5) is 0 Å². The van der Waals surface area contributed by atoms with E-state index < -0.39 is 0 Å². The van der Waals surface area contributed by atoms with Gasteiger partial charge in [-0.15, -0.1) is 22.7 Å². The quantitative estimate of drug-likeness (QED) is 0.177. The SMILES string of the molecule is c1ccc2cc3c(cc2c1)c1ccccc1n3-c1ccc2oc3ccccc3c2c1-c1nc(-c2ccc3sc4ccccc4c3c2)nc(-c2ccc3sc4ccccc4c3c2)n1. The molecule has 9 aromatic carbocycles. The van der Waals surface area contributed by atoms with Crippen LogP contribution >= 0.6 is 22.7 Å². The van der Waals surface area contributed by atoms with Gasteiger partial charge in [-0.2, -0.15) is 0 Å². The maximum absolute atomic E-state index is 6.63. The number of furan rings is 1. The van der Waals surface area contributed by atoms with Crippen molar-refractivity contribution in [3.8, 4) is 39.9 Å². The van der Waals surface area contributed by atoms with Gasteiger partial charge in [0.15, 0.2) is 17.5 Å². The number of aromatic nitrogens is 4. The molecule has 0 fully saturated rings. The average Bonchev–Trinajstić information content (AvgIpc) is 4.09. The van der Waals surface area contributed by atoms with Gasteiger partial charge < -0.3 is 8.98 Å². The third-order valence-corrected chi connectivity index (χ3v) is 14.7. The summed E-state index contributed by atoms with van der Waals surface area (Å²) < 4.78 is 14.0. The van der Waals surface area contributed by atoms with Crippen molar-refractivity contribution in [3.05, 3.63) is 182 Å². The van der Waals surface area contributed by atoms with E-state index in [9.17, 15) is 0 Å². The summed E-state index contributed by atoms with van der Waals surface area (Å²) in [6.07, 6.45) is 0. The van der Waals surface area contributed by atoms with Crippen LogP contribution in [0.2, 0.25) is 0 Å². The molecule has 0 aliphatic rings. The first-order chi connectivity index (χ1) is 30.7. The van der Waals surface area contributed by atoms with Crippen LogP contribution in [-0.4, -0.2) is 19.5 Å². The molecule has 0 radical (unpaired) electrons. The van der Waals surface area contributed by atoms with Crippen molar-refractivity contribution in [2.45, 2.75) is 0 Å². The summed E-state index contributed by atoms with van der Waals surface area (Å²) in [5.74, 6) is 1.80. The molecular weight excluding hydrogens is 797 g/mol. The van der Waals surface area contributed by atoms with E-state index >= 15 is 0 Å². The molecule has 5 heterocycles. The number of nitrogens with zero attached hydrogens (tertiary/aromatic N) is 4. The van der Waals surface area contributed by atoms with E-state index in [1.54, 1.807) is 0 Å². The van der Waals surface area contributed by atoms with Gasteiger partial charge >= 0.3 is 0 Å². The molecule has 5 aromatic heterocycles. The fourth-order valence-electron chi connectivity index (χ4n) is 9.61. The summed E-state index contributed by atoms with van der Waals surface area (Å²) in [7, 11) is 0. The minimum atomic E-state index is 0.578. The summed E-state index contributed by atoms with van der Waals surface area (Å²) in [5.41, 5.74) is 7.52. The molecule has 14 rings (SSSR count). The van der Waals surface area contributed by atoms with Gasteiger partial charge in [0.25, 0.3) is 0 Å². The Hall–Kier alpha value is -7.71. The van der Waals surface area contributed by atoms with E-state index in [0.29, 0.717) is 17.5 Å². The van der Waals surface area contributed by atoms with Gasteiger partial charge in [-0.25, -0.2) is 15.0 Å². The number of benzene rings is 9. The first-order valence-corrected chi connectivity index (χ1v) is 22.3. The predicted octanol–water partition coefficient (Wildman–Crippen LogP) is 15.8. The zero-order chi connectivity index (χ0) is 40.5. The maximum atomic E-state index is 6.63. The number of thiophene rings is 2. The van der Waals surface area contributed by atoms with Crippen LogP contribution in [0.5, 0.6) is 0 Å². The second-order valence-corrected chi connectivity index (χ2v) is 18.1. The maximum Gasteiger partial charge on any atom is 0.166 e. The summed E-state index contributed by atoms with van der Waals surface area (Å²) in [6, 6.07) is 64.9. The van der Waals surface area contributed by atoms with Gasteiger partial charge in [0.05, 0.1) is 22.3 Å². The number of hydrogen-bond donors (Lipinski definition) is 0. The molecule has 0 bridgehead atoms. The van der Waals surface area contributed by atoms with Crippen molar-refractivity contribution in [1.82, 2.24) is 19.5 Å². The number of para-hydroxylation sites is 2. The number of fused-ring (bicyclic) bond motifs is 13. The Labute approximate surface area is 361 Å². The van der Waals surface area contributed by atoms with Gasteiger partial charge in [-0.05, 0) is 95.7 Å². The Kier molecular flexibility index (Phi) is 7.08. The summed E-state index contributed by atoms with van der Waals surface area (Å²) in [4.78, 5) is 16.4. The van der Waals surface area contributed by atoms with Crippen LogP contribution in [0, 0.1) is 0 Å². The first kappa shape index (κ1) is 34.0. The Balaban J connectivity index is 1.11. The molecular formula is C55H30N4OS2. The predicted molar refractivity (Wildman–Crippen MR) is 261 cm³/mol. The third kappa shape index (κ3) is 4.97. The van der Waals surface area contributed by atoms with Gasteiger partial charge in [-0.3, -0.25) is 0 Å². The average molecular weight is 827 g/mol. The van der Waals surface area contributed by atoms with Gasteiger partial charge in [0, 0.05) is 73.0 Å². The van der Waals surface area contributed by atoms with Crippen molar-refractivity contribution < 1.29 is 4.42 Å². The van der Waals surface area contributed by atoms with E-state index in [-0.39, 0.29) is 0 Å². The van der Waals surface area contributed by atoms with Gasteiger partial charge in [-0.1, -0.05) is 97.1 Å². The van der Waals surface area contributed by atoms with Crippen LogP contribution in [0.1, 0.15) is 0 Å². The van der Waals surface area contributed by atoms with Crippen molar-refractivity contribution in [2.75, 3.05) is 0 Å². The Morgan fingerprint density at radius 3 is 1.61 bits per heavy atom. The summed E-state index contributed by atoms with van der Waals surface area (Å²) in [5, 5.41) is 11.6. The van der Waals surface area contributed by atoms with Crippen molar-refractivity contribution in [1.29, 1.82) is 0 Å². The van der Waals surface area contributed by atoms with Gasteiger partial charge in [0.1, 0.15) is 11.2 Å². The summed E-state index contributed by atoms with van der Waals surface area (Å²) >= 11 is 3.62. The second kappa shape index (κ2) is 12.9. The van der Waals surface area contributed by atoms with Crippen LogP contribution in [0.3, 0.4) is 0 Å². The lowest BCUT2D eigenvalue weighted by atomic mass is 10.0. The minimum Gasteiger partial charge on any atom is -0.456 e. The molecule has 288 valence electrons. The fraction of sp³-hybridized carbons (Fsp3) is 0. The zero-order valence-electron chi connectivity index (χ0n) is 32.8. The van der Waals surface area contributed by atoms with Crippen LogP contribution in [-0.2, 0) is 0 Å². The fourth-order valence-corrected chi connectivity index (χ4v) is 11.8. The minimum absolute atomic E-state index is 0.578. The molecule has 62 heavy (non-hydrogen) atoms. The molecule has 0 unspecified atom stereocenters. The van der Waals surface area contributed by atoms with Crippen LogP contribution in [0.15, 0.2) is 186 Å². The smallest absolute Gasteiger partial charge is 0.166 e. The highest BCUT2D eigenvalue weighted by atomic mass is 32.1. The topological polar surface area (TPSA) is 56.7 Å². The normalized spacial score (nSPS) is 12.2. The van der Waals surface area contributed by atoms with Crippen molar-refractivity contribution in [3.63, 3.8) is 0 Å².